The molecule has 0 aromatic carbocycles. The minimum absolute atomic E-state index is 0.132. The monoisotopic (exact) mass is 240 g/mol. The highest BCUT2D eigenvalue weighted by molar-refractivity contribution is 4.80. The molecule has 2 rings (SSSR count). The molecule has 0 spiro atoms. The summed E-state index contributed by atoms with van der Waals surface area (Å²) in [5, 5.41) is 9.68. The van der Waals surface area contributed by atoms with Crippen molar-refractivity contribution in [3.63, 3.8) is 0 Å². The van der Waals surface area contributed by atoms with Gasteiger partial charge in [-0.3, -0.25) is 0 Å². The molecule has 0 bridgehead atoms. The van der Waals surface area contributed by atoms with Crippen LogP contribution in [0.4, 0.5) is 0 Å². The standard InChI is InChI=1S/C14H28N2O/c1-12(17)13-5-3-9-16(11-13)10-7-14-6-4-8-15(14)2/h12-14,17H,3-11H2,1-2H3. The maximum absolute atomic E-state index is 9.68. The number of aliphatic hydroxyl groups is 1. The molecular weight excluding hydrogens is 212 g/mol. The third-order valence-electron chi connectivity index (χ3n) is 4.67. The first kappa shape index (κ1) is 13.3. The summed E-state index contributed by atoms with van der Waals surface area (Å²) in [6.45, 7) is 6.78. The Labute approximate surface area is 106 Å². The molecule has 0 radical (unpaired) electrons. The molecular formula is C14H28N2O. The van der Waals surface area contributed by atoms with Crippen LogP contribution in [0.2, 0.25) is 0 Å². The Morgan fingerprint density at radius 1 is 1.24 bits per heavy atom. The van der Waals surface area contributed by atoms with Crippen molar-refractivity contribution in [2.45, 2.75) is 51.2 Å². The van der Waals surface area contributed by atoms with Gasteiger partial charge in [-0.15, -0.1) is 0 Å². The maximum atomic E-state index is 9.68. The Bertz CT molecular complexity index is 232. The molecule has 2 aliphatic heterocycles. The molecule has 3 unspecified atom stereocenters. The van der Waals surface area contributed by atoms with E-state index >= 15 is 0 Å². The molecule has 17 heavy (non-hydrogen) atoms. The average Bonchev–Trinajstić information content (AvgIpc) is 2.72. The van der Waals surface area contributed by atoms with Crippen LogP contribution in [0.25, 0.3) is 0 Å². The van der Waals surface area contributed by atoms with Crippen LogP contribution in [-0.4, -0.2) is 60.3 Å². The first-order valence-corrected chi connectivity index (χ1v) is 7.27. The zero-order valence-corrected chi connectivity index (χ0v) is 11.4. The van der Waals surface area contributed by atoms with E-state index in [1.807, 2.05) is 6.92 Å². The number of likely N-dealkylation sites (tertiary alicyclic amines) is 2. The van der Waals surface area contributed by atoms with Gasteiger partial charge in [-0.2, -0.15) is 0 Å². The Morgan fingerprint density at radius 3 is 2.65 bits per heavy atom. The van der Waals surface area contributed by atoms with E-state index in [1.54, 1.807) is 0 Å². The number of hydrogen-bond donors (Lipinski definition) is 1. The van der Waals surface area contributed by atoms with Crippen molar-refractivity contribution in [3.8, 4) is 0 Å². The van der Waals surface area contributed by atoms with Gasteiger partial charge in [0.1, 0.15) is 0 Å². The lowest BCUT2D eigenvalue weighted by atomic mass is 9.93. The largest absolute Gasteiger partial charge is 0.393 e. The van der Waals surface area contributed by atoms with Crippen LogP contribution >= 0.6 is 0 Å². The highest BCUT2D eigenvalue weighted by Gasteiger charge is 2.25. The summed E-state index contributed by atoms with van der Waals surface area (Å²) in [6.07, 6.45) is 6.39. The second kappa shape index (κ2) is 6.17. The van der Waals surface area contributed by atoms with Crippen molar-refractivity contribution in [1.29, 1.82) is 0 Å². The summed E-state index contributed by atoms with van der Waals surface area (Å²) >= 11 is 0. The first-order chi connectivity index (χ1) is 8.16. The van der Waals surface area contributed by atoms with Crippen molar-refractivity contribution >= 4 is 0 Å². The molecule has 2 heterocycles. The van der Waals surface area contributed by atoms with E-state index in [0.29, 0.717) is 5.92 Å². The first-order valence-electron chi connectivity index (χ1n) is 7.27. The van der Waals surface area contributed by atoms with Gasteiger partial charge in [0.25, 0.3) is 0 Å². The van der Waals surface area contributed by atoms with Gasteiger partial charge in [0.2, 0.25) is 0 Å². The predicted molar refractivity (Wildman–Crippen MR) is 71.1 cm³/mol. The van der Waals surface area contributed by atoms with Crippen molar-refractivity contribution in [3.05, 3.63) is 0 Å². The number of rotatable bonds is 4. The second-order valence-corrected chi connectivity index (χ2v) is 6.01. The zero-order chi connectivity index (χ0) is 12.3. The summed E-state index contributed by atoms with van der Waals surface area (Å²) in [7, 11) is 2.26. The van der Waals surface area contributed by atoms with Gasteiger partial charge >= 0.3 is 0 Å². The fraction of sp³-hybridized carbons (Fsp3) is 1.00. The minimum Gasteiger partial charge on any atom is -0.393 e. The fourth-order valence-corrected chi connectivity index (χ4v) is 3.36. The number of piperidine rings is 1. The molecule has 2 aliphatic rings. The molecule has 3 heteroatoms. The summed E-state index contributed by atoms with van der Waals surface area (Å²) in [4.78, 5) is 5.07. The Balaban J connectivity index is 1.71. The number of aliphatic hydroxyl groups excluding tert-OH is 1. The molecule has 0 amide bonds. The molecule has 100 valence electrons. The van der Waals surface area contributed by atoms with Crippen molar-refractivity contribution < 1.29 is 5.11 Å². The third-order valence-corrected chi connectivity index (χ3v) is 4.67. The fourth-order valence-electron chi connectivity index (χ4n) is 3.36. The van der Waals surface area contributed by atoms with Crippen molar-refractivity contribution in [2.75, 3.05) is 33.2 Å². The molecule has 0 aromatic rings. The summed E-state index contributed by atoms with van der Waals surface area (Å²) in [5.74, 6) is 0.505. The van der Waals surface area contributed by atoms with Gasteiger partial charge in [0, 0.05) is 12.6 Å². The van der Waals surface area contributed by atoms with Gasteiger partial charge in [0.05, 0.1) is 6.10 Å². The average molecular weight is 240 g/mol. The molecule has 1 N–H and O–H groups in total. The Morgan fingerprint density at radius 2 is 2.00 bits per heavy atom. The van der Waals surface area contributed by atoms with E-state index < -0.39 is 0 Å². The Hall–Kier alpha value is -0.120. The van der Waals surface area contributed by atoms with Crippen LogP contribution < -0.4 is 0 Å². The van der Waals surface area contributed by atoms with Crippen LogP contribution in [0.15, 0.2) is 0 Å². The van der Waals surface area contributed by atoms with Gasteiger partial charge in [0.15, 0.2) is 0 Å². The molecule has 3 atom stereocenters. The molecule has 3 nitrogen and oxygen atoms in total. The Kier molecular flexibility index (Phi) is 4.83. The smallest absolute Gasteiger partial charge is 0.0552 e. The summed E-state index contributed by atoms with van der Waals surface area (Å²) < 4.78 is 0. The van der Waals surface area contributed by atoms with E-state index in [9.17, 15) is 5.11 Å². The van der Waals surface area contributed by atoms with Gasteiger partial charge in [-0.05, 0) is 71.6 Å². The van der Waals surface area contributed by atoms with E-state index in [1.165, 1.54) is 51.7 Å². The molecule has 0 aliphatic carbocycles. The molecule has 0 saturated carbocycles. The molecule has 2 fully saturated rings. The number of nitrogens with zero attached hydrogens (tertiary/aromatic N) is 2. The SMILES string of the molecule is CC(O)C1CCCN(CCC2CCCN2C)C1. The zero-order valence-electron chi connectivity index (χ0n) is 11.4. The summed E-state index contributed by atoms with van der Waals surface area (Å²) in [5.41, 5.74) is 0. The lowest BCUT2D eigenvalue weighted by molar-refractivity contribution is 0.0599. The van der Waals surface area contributed by atoms with Crippen LogP contribution in [-0.2, 0) is 0 Å². The van der Waals surface area contributed by atoms with Crippen molar-refractivity contribution in [2.24, 2.45) is 5.92 Å². The maximum Gasteiger partial charge on any atom is 0.0552 e. The quantitative estimate of drug-likeness (QED) is 0.808. The van der Waals surface area contributed by atoms with E-state index in [0.717, 1.165) is 12.6 Å². The van der Waals surface area contributed by atoms with E-state index in [-0.39, 0.29) is 6.10 Å². The lowest BCUT2D eigenvalue weighted by Crippen LogP contribution is -2.41. The van der Waals surface area contributed by atoms with Gasteiger partial charge < -0.3 is 14.9 Å². The van der Waals surface area contributed by atoms with Crippen LogP contribution in [0, 0.1) is 5.92 Å². The van der Waals surface area contributed by atoms with E-state index in [4.69, 9.17) is 0 Å². The van der Waals surface area contributed by atoms with Crippen LogP contribution in [0.3, 0.4) is 0 Å². The highest BCUT2D eigenvalue weighted by atomic mass is 16.3. The topological polar surface area (TPSA) is 26.7 Å². The number of hydrogen-bond acceptors (Lipinski definition) is 3. The van der Waals surface area contributed by atoms with Crippen LogP contribution in [0.1, 0.15) is 39.0 Å². The lowest BCUT2D eigenvalue weighted by Gasteiger charge is -2.35. The third kappa shape index (κ3) is 3.67. The molecule has 0 aromatic heterocycles. The predicted octanol–water partition coefficient (Wildman–Crippen LogP) is 1.56. The normalized spacial score (nSPS) is 34.1. The molecule has 2 saturated heterocycles. The van der Waals surface area contributed by atoms with Crippen molar-refractivity contribution in [1.82, 2.24) is 9.80 Å². The van der Waals surface area contributed by atoms with Gasteiger partial charge in [-0.25, -0.2) is 0 Å². The highest BCUT2D eigenvalue weighted by Crippen LogP contribution is 2.22. The summed E-state index contributed by atoms with van der Waals surface area (Å²) in [6, 6.07) is 0.807. The van der Waals surface area contributed by atoms with Gasteiger partial charge in [-0.1, -0.05) is 0 Å². The second-order valence-electron chi connectivity index (χ2n) is 6.01. The van der Waals surface area contributed by atoms with Crippen LogP contribution in [0.5, 0.6) is 0 Å². The van der Waals surface area contributed by atoms with E-state index in [2.05, 4.69) is 16.8 Å². The minimum atomic E-state index is -0.132.